The monoisotopic (exact) mass is 344 g/mol. The molecule has 0 saturated carbocycles. The van der Waals surface area contributed by atoms with Crippen molar-refractivity contribution in [3.8, 4) is 0 Å². The van der Waals surface area contributed by atoms with Crippen molar-refractivity contribution in [2.24, 2.45) is 0 Å². The zero-order valence-corrected chi connectivity index (χ0v) is 13.8. The SMILES string of the molecule is CN(OCc1ccccc1)S(=O)(=O)c1ccc2[nH]c(=O)ccc2c1. The van der Waals surface area contributed by atoms with E-state index in [9.17, 15) is 13.2 Å². The fraction of sp³-hybridized carbons (Fsp3) is 0.118. The van der Waals surface area contributed by atoms with Crippen LogP contribution in [0.25, 0.3) is 10.9 Å². The molecule has 0 saturated heterocycles. The average Bonchev–Trinajstić information content (AvgIpc) is 2.60. The van der Waals surface area contributed by atoms with Gasteiger partial charge in [-0.25, -0.2) is 8.42 Å². The van der Waals surface area contributed by atoms with Crippen LogP contribution in [0.4, 0.5) is 0 Å². The molecule has 3 aromatic rings. The number of fused-ring (bicyclic) bond motifs is 1. The van der Waals surface area contributed by atoms with Gasteiger partial charge in [-0.05, 0) is 35.2 Å². The number of aromatic nitrogens is 1. The van der Waals surface area contributed by atoms with Gasteiger partial charge < -0.3 is 4.98 Å². The van der Waals surface area contributed by atoms with E-state index >= 15 is 0 Å². The number of hydrogen-bond donors (Lipinski definition) is 1. The standard InChI is InChI=1S/C17H16N2O4S/c1-19(23-12-13-5-3-2-4-6-13)24(21,22)15-8-9-16-14(11-15)7-10-17(20)18-16/h2-11H,12H2,1H3,(H,18,20). The van der Waals surface area contributed by atoms with Crippen LogP contribution in [0.1, 0.15) is 5.56 Å². The first-order valence-corrected chi connectivity index (χ1v) is 8.70. The molecule has 0 unspecified atom stereocenters. The first-order chi connectivity index (χ1) is 11.5. The molecule has 0 radical (unpaired) electrons. The zero-order chi connectivity index (χ0) is 17.2. The highest BCUT2D eigenvalue weighted by atomic mass is 32.2. The number of nitrogens with zero attached hydrogens (tertiary/aromatic N) is 1. The first-order valence-electron chi connectivity index (χ1n) is 7.26. The van der Waals surface area contributed by atoms with Crippen molar-refractivity contribution >= 4 is 20.9 Å². The Morgan fingerprint density at radius 1 is 1.04 bits per heavy atom. The van der Waals surface area contributed by atoms with Gasteiger partial charge in [0.05, 0.1) is 11.5 Å². The van der Waals surface area contributed by atoms with Gasteiger partial charge in [0.25, 0.3) is 10.0 Å². The molecule has 1 aromatic heterocycles. The van der Waals surface area contributed by atoms with E-state index in [1.165, 1.54) is 25.2 Å². The molecule has 6 nitrogen and oxygen atoms in total. The minimum Gasteiger partial charge on any atom is -0.322 e. The molecule has 3 rings (SSSR count). The Hall–Kier alpha value is -2.48. The number of nitrogens with one attached hydrogen (secondary N) is 1. The molecule has 124 valence electrons. The number of rotatable bonds is 5. The Morgan fingerprint density at radius 3 is 2.54 bits per heavy atom. The third-order valence-corrected chi connectivity index (χ3v) is 5.22. The van der Waals surface area contributed by atoms with E-state index in [0.29, 0.717) is 10.9 Å². The number of pyridine rings is 1. The molecule has 0 atom stereocenters. The van der Waals surface area contributed by atoms with Crippen LogP contribution in [0.3, 0.4) is 0 Å². The van der Waals surface area contributed by atoms with Crippen LogP contribution in [0.15, 0.2) is 70.4 Å². The Morgan fingerprint density at radius 2 is 1.79 bits per heavy atom. The van der Waals surface area contributed by atoms with Gasteiger partial charge in [-0.1, -0.05) is 34.8 Å². The molecule has 24 heavy (non-hydrogen) atoms. The molecule has 0 bridgehead atoms. The largest absolute Gasteiger partial charge is 0.322 e. The van der Waals surface area contributed by atoms with Gasteiger partial charge in [0.1, 0.15) is 0 Å². The van der Waals surface area contributed by atoms with E-state index in [1.54, 1.807) is 12.1 Å². The Labute approximate surface area is 139 Å². The quantitative estimate of drug-likeness (QED) is 0.720. The first kappa shape index (κ1) is 16.4. The lowest BCUT2D eigenvalue weighted by molar-refractivity contribution is -0.0770. The van der Waals surface area contributed by atoms with Crippen molar-refractivity contribution in [3.05, 3.63) is 76.6 Å². The minimum atomic E-state index is -3.79. The zero-order valence-electron chi connectivity index (χ0n) is 13.0. The normalized spacial score (nSPS) is 11.9. The topological polar surface area (TPSA) is 79.5 Å². The summed E-state index contributed by atoms with van der Waals surface area (Å²) in [5.74, 6) is 0. The van der Waals surface area contributed by atoms with Crippen molar-refractivity contribution in [2.45, 2.75) is 11.5 Å². The predicted octanol–water partition coefficient (Wildman–Crippen LogP) is 2.28. The number of H-pyrrole nitrogens is 1. The van der Waals surface area contributed by atoms with Gasteiger partial charge in [-0.3, -0.25) is 9.63 Å². The Bertz CT molecular complexity index is 1010. The van der Waals surface area contributed by atoms with Crippen LogP contribution in [-0.4, -0.2) is 24.9 Å². The summed E-state index contributed by atoms with van der Waals surface area (Å²) in [6, 6.07) is 16.7. The molecule has 0 aliphatic heterocycles. The molecule has 0 fully saturated rings. The molecule has 7 heteroatoms. The average molecular weight is 344 g/mol. The molecule has 1 N–H and O–H groups in total. The lowest BCUT2D eigenvalue weighted by Crippen LogP contribution is -2.27. The summed E-state index contributed by atoms with van der Waals surface area (Å²) in [6.07, 6.45) is 0. The van der Waals surface area contributed by atoms with Gasteiger partial charge >= 0.3 is 0 Å². The summed E-state index contributed by atoms with van der Waals surface area (Å²) in [6.45, 7) is 0.150. The molecule has 2 aromatic carbocycles. The fourth-order valence-electron chi connectivity index (χ4n) is 2.25. The lowest BCUT2D eigenvalue weighted by Gasteiger charge is -2.17. The third kappa shape index (κ3) is 3.38. The smallest absolute Gasteiger partial charge is 0.264 e. The number of aromatic amines is 1. The summed E-state index contributed by atoms with van der Waals surface area (Å²) in [4.78, 5) is 19.4. The van der Waals surface area contributed by atoms with E-state index in [4.69, 9.17) is 4.84 Å². The predicted molar refractivity (Wildman–Crippen MR) is 90.7 cm³/mol. The van der Waals surface area contributed by atoms with Crippen LogP contribution in [0.5, 0.6) is 0 Å². The Kier molecular flexibility index (Phi) is 4.48. The second-order valence-corrected chi connectivity index (χ2v) is 7.18. The van der Waals surface area contributed by atoms with E-state index in [-0.39, 0.29) is 17.1 Å². The molecule has 0 aliphatic rings. The van der Waals surface area contributed by atoms with Crippen molar-refractivity contribution in [3.63, 3.8) is 0 Å². The van der Waals surface area contributed by atoms with Crippen molar-refractivity contribution in [1.82, 2.24) is 9.45 Å². The number of benzene rings is 2. The van der Waals surface area contributed by atoms with E-state index in [2.05, 4.69) is 4.98 Å². The lowest BCUT2D eigenvalue weighted by atomic mass is 10.2. The maximum absolute atomic E-state index is 12.6. The highest BCUT2D eigenvalue weighted by Crippen LogP contribution is 2.20. The molecule has 0 spiro atoms. The van der Waals surface area contributed by atoms with E-state index in [0.717, 1.165) is 10.0 Å². The van der Waals surface area contributed by atoms with Gasteiger partial charge in [-0.15, -0.1) is 0 Å². The highest BCUT2D eigenvalue weighted by molar-refractivity contribution is 7.89. The van der Waals surface area contributed by atoms with Gasteiger partial charge in [0, 0.05) is 18.6 Å². The van der Waals surface area contributed by atoms with Crippen LogP contribution in [0, 0.1) is 0 Å². The van der Waals surface area contributed by atoms with Crippen molar-refractivity contribution < 1.29 is 13.3 Å². The minimum absolute atomic E-state index is 0.0950. The maximum Gasteiger partial charge on any atom is 0.264 e. The van der Waals surface area contributed by atoms with Gasteiger partial charge in [-0.2, -0.15) is 0 Å². The summed E-state index contributed by atoms with van der Waals surface area (Å²) in [5.41, 5.74) is 1.21. The molecular weight excluding hydrogens is 328 g/mol. The second-order valence-electron chi connectivity index (χ2n) is 5.25. The van der Waals surface area contributed by atoms with Gasteiger partial charge in [0.15, 0.2) is 0 Å². The van der Waals surface area contributed by atoms with E-state index in [1.807, 2.05) is 30.3 Å². The highest BCUT2D eigenvalue weighted by Gasteiger charge is 2.22. The maximum atomic E-state index is 12.6. The van der Waals surface area contributed by atoms with Crippen LogP contribution < -0.4 is 5.56 Å². The van der Waals surface area contributed by atoms with Gasteiger partial charge in [0.2, 0.25) is 5.56 Å². The summed E-state index contributed by atoms with van der Waals surface area (Å²) in [5, 5.41) is 0.632. The van der Waals surface area contributed by atoms with E-state index < -0.39 is 10.0 Å². The summed E-state index contributed by atoms with van der Waals surface area (Å²) < 4.78 is 26.0. The second kappa shape index (κ2) is 6.56. The molecule has 1 heterocycles. The van der Waals surface area contributed by atoms with Crippen LogP contribution in [-0.2, 0) is 21.5 Å². The summed E-state index contributed by atoms with van der Waals surface area (Å²) >= 11 is 0. The fourth-order valence-corrected chi connectivity index (χ4v) is 3.25. The van der Waals surface area contributed by atoms with Crippen molar-refractivity contribution in [1.29, 1.82) is 0 Å². The third-order valence-electron chi connectivity index (χ3n) is 3.59. The van der Waals surface area contributed by atoms with Crippen molar-refractivity contribution in [2.75, 3.05) is 7.05 Å². The molecule has 0 amide bonds. The van der Waals surface area contributed by atoms with Crippen LogP contribution >= 0.6 is 0 Å². The number of hydrogen-bond acceptors (Lipinski definition) is 4. The summed E-state index contributed by atoms with van der Waals surface area (Å²) in [7, 11) is -2.44. The number of sulfonamides is 1. The Balaban J connectivity index is 1.83. The molecule has 0 aliphatic carbocycles. The number of hydroxylamine groups is 1. The molecular formula is C17H16N2O4S. The van der Waals surface area contributed by atoms with Crippen LogP contribution in [0.2, 0.25) is 0 Å².